The summed E-state index contributed by atoms with van der Waals surface area (Å²) in [5.41, 5.74) is 6.38. The zero-order chi connectivity index (χ0) is 11.4. The second-order valence-electron chi connectivity index (χ2n) is 3.51. The van der Waals surface area contributed by atoms with Crippen molar-refractivity contribution in [3.8, 4) is 0 Å². The Labute approximate surface area is 103 Å². The number of rotatable bonds is 4. The third-order valence-electron chi connectivity index (χ3n) is 2.33. The van der Waals surface area contributed by atoms with Gasteiger partial charge in [0.1, 0.15) is 5.82 Å². The Kier molecular flexibility index (Phi) is 5.03. The predicted molar refractivity (Wildman–Crippen MR) is 65.6 cm³/mol. The highest BCUT2D eigenvalue weighted by molar-refractivity contribution is 9.10. The monoisotopic (exact) mass is 293 g/mol. The van der Waals surface area contributed by atoms with Crippen molar-refractivity contribution in [2.75, 3.05) is 0 Å². The van der Waals surface area contributed by atoms with Crippen LogP contribution in [0.25, 0.3) is 0 Å². The van der Waals surface area contributed by atoms with Crippen molar-refractivity contribution in [2.45, 2.75) is 32.2 Å². The molecule has 0 amide bonds. The molecule has 0 spiro atoms. The molecular weight excluding hydrogens is 280 g/mol. The van der Waals surface area contributed by atoms with Crippen LogP contribution in [0.2, 0.25) is 5.02 Å². The normalized spacial score (nSPS) is 12.9. The van der Waals surface area contributed by atoms with Crippen molar-refractivity contribution in [2.24, 2.45) is 5.73 Å². The maximum absolute atomic E-state index is 13.7. The van der Waals surface area contributed by atoms with Crippen LogP contribution in [-0.2, 0) is 0 Å². The summed E-state index contributed by atoms with van der Waals surface area (Å²) in [5, 5.41) is 0.111. The first-order chi connectivity index (χ1) is 7.07. The summed E-state index contributed by atoms with van der Waals surface area (Å²) < 4.78 is 14.3. The van der Waals surface area contributed by atoms with Gasteiger partial charge in [0.25, 0.3) is 0 Å². The van der Waals surface area contributed by atoms with Crippen LogP contribution in [-0.4, -0.2) is 0 Å². The fourth-order valence-corrected chi connectivity index (χ4v) is 1.89. The van der Waals surface area contributed by atoms with Crippen LogP contribution < -0.4 is 5.73 Å². The molecule has 1 atom stereocenters. The van der Waals surface area contributed by atoms with Crippen molar-refractivity contribution in [3.63, 3.8) is 0 Å². The molecule has 0 saturated heterocycles. The molecule has 0 aliphatic rings. The van der Waals surface area contributed by atoms with E-state index in [9.17, 15) is 4.39 Å². The standard InChI is InChI=1S/C11H14BrClFN/c1-2-3-4-9(15)7-5-6-8(12)10(13)11(7)14/h5-6,9H,2-4,15H2,1H3. The van der Waals surface area contributed by atoms with Crippen LogP contribution in [0.3, 0.4) is 0 Å². The number of hydrogen-bond donors (Lipinski definition) is 1. The van der Waals surface area contributed by atoms with E-state index in [0.29, 0.717) is 10.0 Å². The van der Waals surface area contributed by atoms with E-state index in [1.54, 1.807) is 12.1 Å². The highest BCUT2D eigenvalue weighted by Crippen LogP contribution is 2.31. The largest absolute Gasteiger partial charge is 0.324 e. The maximum Gasteiger partial charge on any atom is 0.147 e. The van der Waals surface area contributed by atoms with E-state index < -0.39 is 5.82 Å². The second kappa shape index (κ2) is 5.83. The van der Waals surface area contributed by atoms with Crippen LogP contribution >= 0.6 is 27.5 Å². The SMILES string of the molecule is CCCCC(N)c1ccc(Br)c(Cl)c1F. The van der Waals surface area contributed by atoms with Crippen LogP contribution in [0.5, 0.6) is 0 Å². The van der Waals surface area contributed by atoms with E-state index in [4.69, 9.17) is 17.3 Å². The zero-order valence-corrected chi connectivity index (χ0v) is 10.9. The highest BCUT2D eigenvalue weighted by atomic mass is 79.9. The van der Waals surface area contributed by atoms with Crippen LogP contribution in [0.1, 0.15) is 37.8 Å². The molecule has 0 aliphatic carbocycles. The quantitative estimate of drug-likeness (QED) is 0.817. The molecule has 1 aromatic carbocycles. The minimum absolute atomic E-state index is 0.111. The van der Waals surface area contributed by atoms with Gasteiger partial charge in [-0.1, -0.05) is 37.4 Å². The summed E-state index contributed by atoms with van der Waals surface area (Å²) in [6.07, 6.45) is 2.83. The maximum atomic E-state index is 13.7. The molecule has 0 aliphatic heterocycles. The minimum Gasteiger partial charge on any atom is -0.324 e. The van der Waals surface area contributed by atoms with Crippen LogP contribution in [0.4, 0.5) is 4.39 Å². The van der Waals surface area contributed by atoms with E-state index in [-0.39, 0.29) is 11.1 Å². The Hall–Kier alpha value is -0.120. The average Bonchev–Trinajstić information content (AvgIpc) is 2.23. The molecule has 1 rings (SSSR count). The molecule has 15 heavy (non-hydrogen) atoms. The fourth-order valence-electron chi connectivity index (χ4n) is 1.41. The smallest absolute Gasteiger partial charge is 0.147 e. The number of unbranched alkanes of at least 4 members (excludes halogenated alkanes) is 1. The predicted octanol–water partition coefficient (Wildman–Crippen LogP) is 4.43. The number of benzene rings is 1. The van der Waals surface area contributed by atoms with Gasteiger partial charge in [-0.15, -0.1) is 0 Å². The first kappa shape index (κ1) is 12.9. The van der Waals surface area contributed by atoms with Gasteiger partial charge in [-0.2, -0.15) is 0 Å². The lowest BCUT2D eigenvalue weighted by atomic mass is 10.0. The van der Waals surface area contributed by atoms with Crippen molar-refractivity contribution >= 4 is 27.5 Å². The van der Waals surface area contributed by atoms with Gasteiger partial charge in [0.15, 0.2) is 0 Å². The van der Waals surface area contributed by atoms with Crippen molar-refractivity contribution in [1.29, 1.82) is 0 Å². The fraction of sp³-hybridized carbons (Fsp3) is 0.455. The molecule has 0 heterocycles. The van der Waals surface area contributed by atoms with Gasteiger partial charge >= 0.3 is 0 Å². The molecule has 0 bridgehead atoms. The van der Waals surface area contributed by atoms with Crippen LogP contribution in [0.15, 0.2) is 16.6 Å². The van der Waals surface area contributed by atoms with E-state index in [1.165, 1.54) is 0 Å². The molecule has 0 radical (unpaired) electrons. The zero-order valence-electron chi connectivity index (χ0n) is 8.56. The van der Waals surface area contributed by atoms with E-state index >= 15 is 0 Å². The van der Waals surface area contributed by atoms with E-state index in [0.717, 1.165) is 19.3 Å². The Morgan fingerprint density at radius 1 is 1.53 bits per heavy atom. The lowest BCUT2D eigenvalue weighted by molar-refractivity contribution is 0.547. The molecule has 1 unspecified atom stereocenters. The third kappa shape index (κ3) is 3.16. The van der Waals surface area contributed by atoms with E-state index in [2.05, 4.69) is 22.9 Å². The van der Waals surface area contributed by atoms with Gasteiger partial charge in [0.2, 0.25) is 0 Å². The van der Waals surface area contributed by atoms with Gasteiger partial charge in [-0.05, 0) is 28.4 Å². The summed E-state index contributed by atoms with van der Waals surface area (Å²) in [7, 11) is 0. The first-order valence-corrected chi connectivity index (χ1v) is 6.14. The Bertz CT molecular complexity index is 344. The van der Waals surface area contributed by atoms with Crippen molar-refractivity contribution in [3.05, 3.63) is 33.0 Å². The van der Waals surface area contributed by atoms with Crippen LogP contribution in [0, 0.1) is 5.82 Å². The van der Waals surface area contributed by atoms with Gasteiger partial charge in [-0.3, -0.25) is 0 Å². The topological polar surface area (TPSA) is 26.0 Å². The summed E-state index contributed by atoms with van der Waals surface area (Å²) >= 11 is 8.95. The van der Waals surface area contributed by atoms with E-state index in [1.807, 2.05) is 0 Å². The Morgan fingerprint density at radius 3 is 2.80 bits per heavy atom. The molecule has 4 heteroatoms. The van der Waals surface area contributed by atoms with Gasteiger partial charge in [0, 0.05) is 16.1 Å². The molecule has 2 N–H and O–H groups in total. The Morgan fingerprint density at radius 2 is 2.20 bits per heavy atom. The molecule has 1 aromatic rings. The van der Waals surface area contributed by atoms with Gasteiger partial charge in [0.05, 0.1) is 5.02 Å². The first-order valence-electron chi connectivity index (χ1n) is 4.96. The second-order valence-corrected chi connectivity index (χ2v) is 4.75. The molecule has 0 aromatic heterocycles. The third-order valence-corrected chi connectivity index (χ3v) is 3.59. The highest BCUT2D eigenvalue weighted by Gasteiger charge is 2.15. The minimum atomic E-state index is -0.408. The Balaban J connectivity index is 2.90. The average molecular weight is 295 g/mol. The molecule has 0 fully saturated rings. The summed E-state index contributed by atoms with van der Waals surface area (Å²) in [6.45, 7) is 2.08. The lowest BCUT2D eigenvalue weighted by Gasteiger charge is -2.13. The lowest BCUT2D eigenvalue weighted by Crippen LogP contribution is -2.12. The molecular formula is C11H14BrClFN. The van der Waals surface area contributed by atoms with Gasteiger partial charge in [-0.25, -0.2) is 4.39 Å². The number of hydrogen-bond acceptors (Lipinski definition) is 1. The van der Waals surface area contributed by atoms with Crippen molar-refractivity contribution in [1.82, 2.24) is 0 Å². The molecule has 0 saturated carbocycles. The van der Waals surface area contributed by atoms with Gasteiger partial charge < -0.3 is 5.73 Å². The number of nitrogens with two attached hydrogens (primary N) is 1. The molecule has 1 nitrogen and oxygen atoms in total. The summed E-state index contributed by atoms with van der Waals surface area (Å²) in [5.74, 6) is -0.408. The summed E-state index contributed by atoms with van der Waals surface area (Å²) in [4.78, 5) is 0. The summed E-state index contributed by atoms with van der Waals surface area (Å²) in [6, 6.07) is 3.15. The molecule has 84 valence electrons. The van der Waals surface area contributed by atoms with Crippen molar-refractivity contribution < 1.29 is 4.39 Å². The number of halogens is 3.